The molecule has 3 rings (SSSR count). The van der Waals surface area contributed by atoms with Crippen molar-refractivity contribution >= 4 is 35.2 Å². The van der Waals surface area contributed by atoms with Crippen LogP contribution in [0, 0.1) is 0 Å². The van der Waals surface area contributed by atoms with E-state index in [1.807, 2.05) is 0 Å². The molecule has 8 heteroatoms. The van der Waals surface area contributed by atoms with Crippen molar-refractivity contribution in [3.05, 3.63) is 70.2 Å². The number of primary amides is 1. The van der Waals surface area contributed by atoms with Gasteiger partial charge in [-0.05, 0) is 48.9 Å². The lowest BCUT2D eigenvalue weighted by molar-refractivity contribution is -0.130. The lowest BCUT2D eigenvalue weighted by Gasteiger charge is -2.22. The van der Waals surface area contributed by atoms with Gasteiger partial charge in [0.1, 0.15) is 5.54 Å². The predicted molar refractivity (Wildman–Crippen MR) is 98.3 cm³/mol. The normalized spacial score (nSPS) is 19.1. The van der Waals surface area contributed by atoms with E-state index in [1.54, 1.807) is 24.3 Å². The first-order valence-electron chi connectivity index (χ1n) is 8.05. The van der Waals surface area contributed by atoms with Crippen LogP contribution in [0.5, 0.6) is 0 Å². The number of amides is 4. The van der Waals surface area contributed by atoms with E-state index in [-0.39, 0.29) is 5.56 Å². The number of benzene rings is 2. The number of ketones is 1. The highest BCUT2D eigenvalue weighted by Gasteiger charge is 2.49. The molecule has 0 saturated carbocycles. The summed E-state index contributed by atoms with van der Waals surface area (Å²) in [6.07, 6.45) is 0. The Morgan fingerprint density at radius 1 is 1.11 bits per heavy atom. The van der Waals surface area contributed by atoms with Gasteiger partial charge in [0.2, 0.25) is 5.91 Å². The zero-order valence-electron chi connectivity index (χ0n) is 14.4. The van der Waals surface area contributed by atoms with Crippen molar-refractivity contribution in [2.24, 2.45) is 5.73 Å². The molecule has 1 aliphatic rings. The monoisotopic (exact) mass is 385 g/mol. The number of halogens is 1. The molecular weight excluding hydrogens is 370 g/mol. The van der Waals surface area contributed by atoms with E-state index in [1.165, 1.54) is 31.2 Å². The number of carbonyl (C=O) groups excluding carboxylic acids is 4. The van der Waals surface area contributed by atoms with Crippen LogP contribution < -0.4 is 11.1 Å². The number of urea groups is 1. The van der Waals surface area contributed by atoms with Gasteiger partial charge in [-0.15, -0.1) is 0 Å². The van der Waals surface area contributed by atoms with Crippen LogP contribution in [-0.4, -0.2) is 35.1 Å². The molecule has 4 amide bonds. The maximum atomic E-state index is 12.9. The molecule has 1 heterocycles. The number of hydrogen-bond acceptors (Lipinski definition) is 4. The molecule has 3 N–H and O–H groups in total. The fourth-order valence-corrected chi connectivity index (χ4v) is 3.02. The van der Waals surface area contributed by atoms with Gasteiger partial charge in [0.15, 0.2) is 5.78 Å². The van der Waals surface area contributed by atoms with Crippen LogP contribution in [0.25, 0.3) is 0 Å². The van der Waals surface area contributed by atoms with Gasteiger partial charge >= 0.3 is 6.03 Å². The minimum Gasteiger partial charge on any atom is -0.366 e. The second-order valence-electron chi connectivity index (χ2n) is 6.32. The molecule has 0 aromatic heterocycles. The second kappa shape index (κ2) is 6.85. The maximum Gasteiger partial charge on any atom is 0.325 e. The molecule has 1 atom stereocenters. The SMILES string of the molecule is CC1(c2cccc(C(N)=O)c2)NC(=O)N(CC(=O)c2ccc(Cl)cc2)C1=O. The highest BCUT2D eigenvalue weighted by Crippen LogP contribution is 2.29. The second-order valence-corrected chi connectivity index (χ2v) is 6.76. The summed E-state index contributed by atoms with van der Waals surface area (Å²) in [7, 11) is 0. The lowest BCUT2D eigenvalue weighted by Crippen LogP contribution is -2.41. The summed E-state index contributed by atoms with van der Waals surface area (Å²) in [5, 5.41) is 3.07. The summed E-state index contributed by atoms with van der Waals surface area (Å²) in [4.78, 5) is 49.9. The third-order valence-electron chi connectivity index (χ3n) is 4.47. The first kappa shape index (κ1) is 18.6. The number of nitrogens with two attached hydrogens (primary N) is 1. The lowest BCUT2D eigenvalue weighted by atomic mass is 9.90. The first-order valence-corrected chi connectivity index (χ1v) is 8.43. The van der Waals surface area contributed by atoms with E-state index in [0.717, 1.165) is 4.90 Å². The van der Waals surface area contributed by atoms with Gasteiger partial charge in [-0.2, -0.15) is 0 Å². The van der Waals surface area contributed by atoms with Crippen LogP contribution in [0.1, 0.15) is 33.2 Å². The molecule has 1 saturated heterocycles. The molecule has 1 unspecified atom stereocenters. The van der Waals surface area contributed by atoms with Crippen molar-refractivity contribution in [1.82, 2.24) is 10.2 Å². The Balaban J connectivity index is 1.86. The highest BCUT2D eigenvalue weighted by molar-refractivity contribution is 6.30. The number of Topliss-reactive ketones (excluding diaryl/α,β-unsaturated/α-hetero) is 1. The quantitative estimate of drug-likeness (QED) is 0.606. The van der Waals surface area contributed by atoms with Gasteiger partial charge in [-0.1, -0.05) is 23.7 Å². The molecule has 0 radical (unpaired) electrons. The minimum atomic E-state index is -1.40. The molecule has 0 bridgehead atoms. The Morgan fingerprint density at radius 3 is 2.41 bits per heavy atom. The third kappa shape index (κ3) is 3.41. The largest absolute Gasteiger partial charge is 0.366 e. The van der Waals surface area contributed by atoms with E-state index < -0.39 is 35.7 Å². The van der Waals surface area contributed by atoms with Crippen LogP contribution in [0.4, 0.5) is 4.79 Å². The number of hydrogen-bond donors (Lipinski definition) is 2. The predicted octanol–water partition coefficient (Wildman–Crippen LogP) is 2.09. The summed E-state index contributed by atoms with van der Waals surface area (Å²) in [5.41, 5.74) is 4.83. The van der Waals surface area contributed by atoms with Gasteiger partial charge in [-0.3, -0.25) is 19.3 Å². The van der Waals surface area contributed by atoms with Gasteiger partial charge < -0.3 is 11.1 Å². The first-order chi connectivity index (χ1) is 12.7. The molecule has 2 aromatic rings. The summed E-state index contributed by atoms with van der Waals surface area (Å²) in [6, 6.07) is 11.6. The van der Waals surface area contributed by atoms with E-state index in [4.69, 9.17) is 17.3 Å². The minimum absolute atomic E-state index is 0.214. The smallest absolute Gasteiger partial charge is 0.325 e. The maximum absolute atomic E-state index is 12.9. The summed E-state index contributed by atoms with van der Waals surface area (Å²) in [6.45, 7) is 1.11. The Morgan fingerprint density at radius 2 is 1.78 bits per heavy atom. The standard InChI is InChI=1S/C19H16ClN3O4/c1-19(13-4-2-3-12(9-13)16(21)25)17(26)23(18(27)22-19)10-15(24)11-5-7-14(20)8-6-11/h2-9H,10H2,1H3,(H2,21,25)(H,22,27). The fraction of sp³-hybridized carbons (Fsp3) is 0.158. The molecule has 1 fully saturated rings. The topological polar surface area (TPSA) is 110 Å². The van der Waals surface area contributed by atoms with Gasteiger partial charge in [0.05, 0.1) is 6.54 Å². The number of nitrogens with one attached hydrogen (secondary N) is 1. The molecular formula is C19H16ClN3O4. The Bertz CT molecular complexity index is 958. The summed E-state index contributed by atoms with van der Waals surface area (Å²) < 4.78 is 0. The molecule has 2 aromatic carbocycles. The molecule has 1 aliphatic heterocycles. The zero-order chi connectivity index (χ0) is 19.8. The van der Waals surface area contributed by atoms with E-state index in [2.05, 4.69) is 5.32 Å². The Labute approximate surface area is 160 Å². The van der Waals surface area contributed by atoms with Gasteiger partial charge in [-0.25, -0.2) is 4.79 Å². The van der Waals surface area contributed by atoms with Crippen molar-refractivity contribution in [3.63, 3.8) is 0 Å². The van der Waals surface area contributed by atoms with Crippen LogP contribution in [0.3, 0.4) is 0 Å². The van der Waals surface area contributed by atoms with Crippen LogP contribution in [0.15, 0.2) is 48.5 Å². The highest BCUT2D eigenvalue weighted by atomic mass is 35.5. The van der Waals surface area contributed by atoms with Crippen molar-refractivity contribution in [1.29, 1.82) is 0 Å². The molecule has 138 valence electrons. The van der Waals surface area contributed by atoms with Crippen LogP contribution in [-0.2, 0) is 10.3 Å². The number of nitrogens with zero attached hydrogens (tertiary/aromatic N) is 1. The average molecular weight is 386 g/mol. The van der Waals surface area contributed by atoms with Crippen molar-refractivity contribution < 1.29 is 19.2 Å². The van der Waals surface area contributed by atoms with E-state index >= 15 is 0 Å². The van der Waals surface area contributed by atoms with Crippen molar-refractivity contribution in [3.8, 4) is 0 Å². The zero-order valence-corrected chi connectivity index (χ0v) is 15.1. The van der Waals surface area contributed by atoms with Crippen molar-refractivity contribution in [2.75, 3.05) is 6.54 Å². The third-order valence-corrected chi connectivity index (χ3v) is 4.72. The van der Waals surface area contributed by atoms with Gasteiger partial charge in [0.25, 0.3) is 5.91 Å². The molecule has 7 nitrogen and oxygen atoms in total. The number of imide groups is 1. The average Bonchev–Trinajstić information content (AvgIpc) is 2.86. The summed E-state index contributed by atoms with van der Waals surface area (Å²) in [5.74, 6) is -1.63. The Kier molecular flexibility index (Phi) is 4.72. The van der Waals surface area contributed by atoms with E-state index in [9.17, 15) is 19.2 Å². The number of carbonyl (C=O) groups is 4. The van der Waals surface area contributed by atoms with Crippen LogP contribution in [0.2, 0.25) is 5.02 Å². The molecule has 0 spiro atoms. The van der Waals surface area contributed by atoms with Crippen LogP contribution >= 0.6 is 11.6 Å². The number of rotatable bonds is 5. The molecule has 0 aliphatic carbocycles. The molecule has 27 heavy (non-hydrogen) atoms. The summed E-state index contributed by atoms with van der Waals surface area (Å²) >= 11 is 5.80. The van der Waals surface area contributed by atoms with Crippen molar-refractivity contribution in [2.45, 2.75) is 12.5 Å². The van der Waals surface area contributed by atoms with Gasteiger partial charge in [0, 0.05) is 16.1 Å². The van der Waals surface area contributed by atoms with E-state index in [0.29, 0.717) is 16.1 Å². The Hall–Kier alpha value is -3.19. The fourth-order valence-electron chi connectivity index (χ4n) is 2.89.